The summed E-state index contributed by atoms with van der Waals surface area (Å²) in [6.45, 7) is 0.806. The molecule has 0 spiro atoms. The first kappa shape index (κ1) is 4.43. The lowest BCUT2D eigenvalue weighted by Crippen LogP contribution is -2.15. The van der Waals surface area contributed by atoms with Gasteiger partial charge in [0.1, 0.15) is 6.54 Å². The largest absolute Gasteiger partial charge is 0.368 e. The molecule has 0 saturated heterocycles. The molecular formula is C2H5N2O. The standard InChI is InChI=1S/C2H5N2O/c3-1-2(4)5/h1H,3H2,(H2,4,5). The highest BCUT2D eigenvalue weighted by Gasteiger charge is 1.78. The molecule has 4 N–H and O–H groups in total. The summed E-state index contributed by atoms with van der Waals surface area (Å²) in [5.41, 5.74) is 9.04. The van der Waals surface area contributed by atoms with E-state index in [2.05, 4.69) is 11.5 Å². The summed E-state index contributed by atoms with van der Waals surface area (Å²) in [5, 5.41) is 0. The number of carbonyl (C=O) groups excluding carboxylic acids is 1. The topological polar surface area (TPSA) is 69.1 Å². The smallest absolute Gasteiger partial charge is 0.236 e. The van der Waals surface area contributed by atoms with Crippen molar-refractivity contribution in [1.82, 2.24) is 0 Å². The molecule has 0 fully saturated rings. The van der Waals surface area contributed by atoms with Crippen molar-refractivity contribution in [2.45, 2.75) is 0 Å². The van der Waals surface area contributed by atoms with Gasteiger partial charge in [-0.15, -0.1) is 0 Å². The molecule has 1 radical (unpaired) electrons. The van der Waals surface area contributed by atoms with Crippen LogP contribution in [0.5, 0.6) is 0 Å². The van der Waals surface area contributed by atoms with Crippen molar-refractivity contribution >= 4 is 5.91 Å². The summed E-state index contributed by atoms with van der Waals surface area (Å²) < 4.78 is 0. The minimum Gasteiger partial charge on any atom is -0.368 e. The summed E-state index contributed by atoms with van der Waals surface area (Å²) >= 11 is 0. The van der Waals surface area contributed by atoms with Crippen molar-refractivity contribution in [3.8, 4) is 0 Å². The van der Waals surface area contributed by atoms with Gasteiger partial charge in [0.2, 0.25) is 5.91 Å². The number of carbonyl (C=O) groups is 1. The molecule has 0 aliphatic heterocycles. The quantitative estimate of drug-likeness (QED) is 0.400. The van der Waals surface area contributed by atoms with E-state index in [-0.39, 0.29) is 0 Å². The summed E-state index contributed by atoms with van der Waals surface area (Å²) in [6, 6.07) is 0. The van der Waals surface area contributed by atoms with Crippen LogP contribution < -0.4 is 11.5 Å². The third-order valence-corrected chi connectivity index (χ3v) is 0.164. The molecule has 29 valence electrons. The molecule has 0 bridgehead atoms. The Balaban J connectivity index is 2.85. The van der Waals surface area contributed by atoms with Gasteiger partial charge in [0.25, 0.3) is 0 Å². The molecule has 0 aliphatic carbocycles. The van der Waals surface area contributed by atoms with Gasteiger partial charge < -0.3 is 11.5 Å². The van der Waals surface area contributed by atoms with Gasteiger partial charge >= 0.3 is 0 Å². The first-order valence-electron chi connectivity index (χ1n) is 1.11. The van der Waals surface area contributed by atoms with Gasteiger partial charge in [-0.05, 0) is 0 Å². The second kappa shape index (κ2) is 1.72. The zero-order valence-corrected chi connectivity index (χ0v) is 2.64. The Morgan fingerprint density at radius 2 is 2.00 bits per heavy atom. The lowest BCUT2D eigenvalue weighted by atomic mass is 10.7. The molecule has 0 unspecified atom stereocenters. The average Bonchev–Trinajstić information content (AvgIpc) is 1.38. The SMILES string of the molecule is N[CH]C(N)=O. The van der Waals surface area contributed by atoms with Crippen LogP contribution in [-0.2, 0) is 4.79 Å². The van der Waals surface area contributed by atoms with Crippen molar-refractivity contribution in [3.63, 3.8) is 0 Å². The van der Waals surface area contributed by atoms with Crippen LogP contribution in [0, 0.1) is 6.54 Å². The number of rotatable bonds is 1. The molecule has 0 atom stereocenters. The lowest BCUT2D eigenvalue weighted by Gasteiger charge is -1.73. The Kier molecular flexibility index (Phi) is 1.53. The van der Waals surface area contributed by atoms with E-state index in [9.17, 15) is 4.79 Å². The predicted octanol–water partition coefficient (Wildman–Crippen LogP) is -1.41. The van der Waals surface area contributed by atoms with Crippen LogP contribution in [0.4, 0.5) is 0 Å². The van der Waals surface area contributed by atoms with Gasteiger partial charge in [-0.3, -0.25) is 4.79 Å². The number of amides is 1. The third kappa shape index (κ3) is 3.43. The number of primary amides is 1. The summed E-state index contributed by atoms with van der Waals surface area (Å²) in [4.78, 5) is 9.41. The van der Waals surface area contributed by atoms with Crippen LogP contribution in [0.2, 0.25) is 0 Å². The van der Waals surface area contributed by atoms with Crippen molar-refractivity contribution < 1.29 is 4.79 Å². The molecule has 1 amide bonds. The predicted molar refractivity (Wildman–Crippen MR) is 17.7 cm³/mol. The van der Waals surface area contributed by atoms with E-state index in [1.165, 1.54) is 0 Å². The van der Waals surface area contributed by atoms with E-state index in [0.29, 0.717) is 0 Å². The summed E-state index contributed by atoms with van der Waals surface area (Å²) in [6.07, 6.45) is 0. The summed E-state index contributed by atoms with van der Waals surface area (Å²) in [5.74, 6) is -0.593. The van der Waals surface area contributed by atoms with Crippen LogP contribution >= 0.6 is 0 Å². The maximum Gasteiger partial charge on any atom is 0.236 e. The second-order valence-electron chi connectivity index (χ2n) is 0.569. The van der Waals surface area contributed by atoms with E-state index in [1.807, 2.05) is 0 Å². The lowest BCUT2D eigenvalue weighted by molar-refractivity contribution is -0.114. The van der Waals surface area contributed by atoms with E-state index in [4.69, 9.17) is 0 Å². The fraction of sp³-hybridized carbons (Fsp3) is 0. The Hall–Kier alpha value is -0.570. The van der Waals surface area contributed by atoms with E-state index >= 15 is 0 Å². The number of hydrogen-bond donors (Lipinski definition) is 2. The fourth-order valence-electron chi connectivity index (χ4n) is 0. The van der Waals surface area contributed by atoms with Crippen LogP contribution in [0.1, 0.15) is 0 Å². The zero-order chi connectivity index (χ0) is 4.28. The molecule has 0 heterocycles. The minimum absolute atomic E-state index is 0.593. The monoisotopic (exact) mass is 73.0 g/mol. The second-order valence-corrected chi connectivity index (χ2v) is 0.569. The average molecular weight is 73.1 g/mol. The first-order valence-corrected chi connectivity index (χ1v) is 1.11. The normalized spacial score (nSPS) is 7.40. The molecule has 0 saturated carbocycles. The van der Waals surface area contributed by atoms with Gasteiger partial charge in [-0.25, -0.2) is 0 Å². The maximum atomic E-state index is 9.41. The van der Waals surface area contributed by atoms with Crippen molar-refractivity contribution in [1.29, 1.82) is 0 Å². The third-order valence-electron chi connectivity index (χ3n) is 0.164. The Bertz CT molecular complexity index is 42.9. The molecule has 0 rings (SSSR count). The van der Waals surface area contributed by atoms with Gasteiger partial charge in [-0.1, -0.05) is 0 Å². The number of hydrogen-bond acceptors (Lipinski definition) is 2. The fourth-order valence-corrected chi connectivity index (χ4v) is 0. The zero-order valence-electron chi connectivity index (χ0n) is 2.64. The van der Waals surface area contributed by atoms with Crippen molar-refractivity contribution in [2.24, 2.45) is 11.5 Å². The van der Waals surface area contributed by atoms with Crippen molar-refractivity contribution in [2.75, 3.05) is 0 Å². The summed E-state index contributed by atoms with van der Waals surface area (Å²) in [7, 11) is 0. The number of nitrogens with two attached hydrogens (primary N) is 2. The molecule has 5 heavy (non-hydrogen) atoms. The van der Waals surface area contributed by atoms with E-state index in [0.717, 1.165) is 6.54 Å². The Morgan fingerprint density at radius 1 is 1.80 bits per heavy atom. The van der Waals surface area contributed by atoms with E-state index in [1.54, 1.807) is 0 Å². The van der Waals surface area contributed by atoms with Crippen LogP contribution in [0.25, 0.3) is 0 Å². The Morgan fingerprint density at radius 3 is 2.00 bits per heavy atom. The van der Waals surface area contributed by atoms with Crippen molar-refractivity contribution in [3.05, 3.63) is 6.54 Å². The minimum atomic E-state index is -0.593. The maximum absolute atomic E-state index is 9.41. The van der Waals surface area contributed by atoms with Crippen LogP contribution in [0.3, 0.4) is 0 Å². The van der Waals surface area contributed by atoms with Gasteiger partial charge in [0.15, 0.2) is 0 Å². The van der Waals surface area contributed by atoms with Gasteiger partial charge in [0, 0.05) is 0 Å². The van der Waals surface area contributed by atoms with Crippen LogP contribution in [-0.4, -0.2) is 5.91 Å². The van der Waals surface area contributed by atoms with Crippen LogP contribution in [0.15, 0.2) is 0 Å². The Labute approximate surface area is 29.9 Å². The highest BCUT2D eigenvalue weighted by atomic mass is 16.1. The van der Waals surface area contributed by atoms with E-state index < -0.39 is 5.91 Å². The molecule has 0 aromatic rings. The highest BCUT2D eigenvalue weighted by molar-refractivity contribution is 5.81. The molecule has 0 aliphatic rings. The van der Waals surface area contributed by atoms with Gasteiger partial charge in [-0.2, -0.15) is 0 Å². The first-order chi connectivity index (χ1) is 2.27. The van der Waals surface area contributed by atoms with Gasteiger partial charge in [0.05, 0.1) is 0 Å². The molecule has 0 aromatic heterocycles. The molecule has 0 aromatic carbocycles. The highest BCUT2D eigenvalue weighted by Crippen LogP contribution is 1.46. The molecular weight excluding hydrogens is 68.0 g/mol. The molecule has 3 nitrogen and oxygen atoms in total. The molecule has 3 heteroatoms.